The van der Waals surface area contributed by atoms with E-state index in [9.17, 15) is 9.59 Å². The van der Waals surface area contributed by atoms with Gasteiger partial charge in [-0.05, 0) is 69.2 Å². The van der Waals surface area contributed by atoms with E-state index in [0.717, 1.165) is 16.8 Å². The highest BCUT2D eigenvalue weighted by Crippen LogP contribution is 2.25. The summed E-state index contributed by atoms with van der Waals surface area (Å²) >= 11 is 13.3. The van der Waals surface area contributed by atoms with Crippen molar-refractivity contribution in [3.8, 4) is 0 Å². The third-order valence-corrected chi connectivity index (χ3v) is 6.48. The topological polar surface area (TPSA) is 74.3 Å². The summed E-state index contributed by atoms with van der Waals surface area (Å²) in [6.07, 6.45) is 0. The average Bonchev–Trinajstić information content (AvgIpc) is 3.20. The predicted molar refractivity (Wildman–Crippen MR) is 132 cm³/mol. The molecule has 0 saturated heterocycles. The molecule has 9 heteroatoms. The van der Waals surface area contributed by atoms with Gasteiger partial charge in [0.15, 0.2) is 0 Å². The number of anilines is 2. The molecule has 0 atom stereocenters. The summed E-state index contributed by atoms with van der Waals surface area (Å²) < 4.78 is 0. The lowest BCUT2D eigenvalue weighted by Gasteiger charge is -2.26. The first-order valence-corrected chi connectivity index (χ1v) is 11.6. The molecule has 0 radical (unpaired) electrons. The Morgan fingerprint density at radius 3 is 2.34 bits per heavy atom. The predicted octanol–water partition coefficient (Wildman–Crippen LogP) is 6.76. The van der Waals surface area contributed by atoms with Crippen LogP contribution in [-0.2, 0) is 6.54 Å². The zero-order valence-corrected chi connectivity index (χ0v) is 20.5. The van der Waals surface area contributed by atoms with E-state index in [4.69, 9.17) is 23.2 Å². The van der Waals surface area contributed by atoms with Crippen LogP contribution in [0.5, 0.6) is 0 Å². The summed E-state index contributed by atoms with van der Waals surface area (Å²) in [5.41, 5.74) is 3.84. The molecule has 0 fully saturated rings. The number of amides is 3. The number of nitrogens with one attached hydrogen (secondary N) is 2. The van der Waals surface area contributed by atoms with Crippen LogP contribution in [0.2, 0.25) is 10.0 Å². The minimum atomic E-state index is -0.297. The molecule has 6 nitrogen and oxygen atoms in total. The number of nitrogens with zero attached hydrogens (tertiary/aromatic N) is 2. The van der Waals surface area contributed by atoms with E-state index in [1.165, 1.54) is 11.3 Å². The van der Waals surface area contributed by atoms with E-state index in [-0.39, 0.29) is 24.5 Å². The molecule has 0 aliphatic rings. The van der Waals surface area contributed by atoms with Crippen molar-refractivity contribution in [2.24, 2.45) is 0 Å². The molecular formula is C23H24Cl2N4O2S. The first-order chi connectivity index (χ1) is 15.1. The molecule has 0 saturated carbocycles. The number of carbonyl (C=O) groups excluding carboxylic acids is 2. The van der Waals surface area contributed by atoms with Gasteiger partial charge in [0.25, 0.3) is 5.91 Å². The van der Waals surface area contributed by atoms with E-state index >= 15 is 0 Å². The van der Waals surface area contributed by atoms with Crippen LogP contribution in [0.3, 0.4) is 0 Å². The van der Waals surface area contributed by atoms with Crippen molar-refractivity contribution < 1.29 is 9.59 Å². The van der Waals surface area contributed by atoms with Crippen LogP contribution < -0.4 is 10.6 Å². The van der Waals surface area contributed by atoms with Gasteiger partial charge in [-0.15, -0.1) is 11.3 Å². The maximum atomic E-state index is 12.8. The number of halogens is 2. The Morgan fingerprint density at radius 2 is 1.69 bits per heavy atom. The minimum absolute atomic E-state index is 0.0884. The van der Waals surface area contributed by atoms with Crippen LogP contribution in [0.25, 0.3) is 0 Å². The van der Waals surface area contributed by atoms with Gasteiger partial charge < -0.3 is 15.5 Å². The van der Waals surface area contributed by atoms with Gasteiger partial charge in [-0.3, -0.25) is 4.79 Å². The number of thiazole rings is 1. The molecule has 0 bridgehead atoms. The van der Waals surface area contributed by atoms with Crippen LogP contribution in [0, 0.1) is 13.8 Å². The van der Waals surface area contributed by atoms with Gasteiger partial charge in [0.05, 0.1) is 16.6 Å². The lowest BCUT2D eigenvalue weighted by molar-refractivity contribution is 0.102. The number of urea groups is 1. The highest BCUT2D eigenvalue weighted by Gasteiger charge is 2.20. The van der Waals surface area contributed by atoms with Crippen LogP contribution in [0.4, 0.5) is 16.2 Å². The van der Waals surface area contributed by atoms with Crippen LogP contribution in [0.15, 0.2) is 41.8 Å². The average molecular weight is 491 g/mol. The zero-order chi connectivity index (χ0) is 23.4. The molecule has 0 aliphatic carbocycles. The second kappa shape index (κ2) is 10.3. The molecule has 0 spiro atoms. The van der Waals surface area contributed by atoms with Gasteiger partial charge in [-0.25, -0.2) is 9.78 Å². The van der Waals surface area contributed by atoms with E-state index in [1.807, 2.05) is 45.9 Å². The minimum Gasteiger partial charge on any atom is -0.321 e. The fourth-order valence-corrected chi connectivity index (χ4v) is 3.98. The summed E-state index contributed by atoms with van der Waals surface area (Å²) in [5, 5.41) is 8.83. The standard InChI is InChI=1S/C23H24Cl2N4O2S/c1-13(2)29(23(31)27-17-7-8-18(24)19(25)10-17)11-21-28-20(12-32-21)22(30)26-16-6-5-14(3)15(4)9-16/h5-10,12-13H,11H2,1-4H3,(H,26,30)(H,27,31). The Bertz CT molecular complexity index is 1150. The fraction of sp³-hybridized carbons (Fsp3) is 0.261. The summed E-state index contributed by atoms with van der Waals surface area (Å²) in [6, 6.07) is 10.3. The van der Waals surface area contributed by atoms with Crippen molar-refractivity contribution in [1.29, 1.82) is 0 Å². The lowest BCUT2D eigenvalue weighted by Crippen LogP contribution is -2.39. The van der Waals surface area contributed by atoms with Gasteiger partial charge in [-0.1, -0.05) is 29.3 Å². The molecule has 1 aromatic heterocycles. The quantitative estimate of drug-likeness (QED) is 0.400. The van der Waals surface area contributed by atoms with Gasteiger partial charge in [0, 0.05) is 22.8 Å². The molecule has 3 rings (SSSR count). The van der Waals surface area contributed by atoms with E-state index in [0.29, 0.717) is 26.4 Å². The van der Waals surface area contributed by atoms with Gasteiger partial charge in [-0.2, -0.15) is 0 Å². The Balaban J connectivity index is 1.67. The Labute approximate surface area is 201 Å². The van der Waals surface area contributed by atoms with Gasteiger partial charge in [0.2, 0.25) is 0 Å². The number of rotatable bonds is 6. The largest absolute Gasteiger partial charge is 0.322 e. The number of aromatic nitrogens is 1. The highest BCUT2D eigenvalue weighted by molar-refractivity contribution is 7.09. The molecular weight excluding hydrogens is 467 g/mol. The summed E-state index contributed by atoms with van der Waals surface area (Å²) in [5.74, 6) is -0.285. The van der Waals surface area contributed by atoms with Gasteiger partial charge >= 0.3 is 6.03 Å². The molecule has 2 N–H and O–H groups in total. The molecule has 32 heavy (non-hydrogen) atoms. The normalized spacial score (nSPS) is 10.8. The summed E-state index contributed by atoms with van der Waals surface area (Å²) in [7, 11) is 0. The second-order valence-electron chi connectivity index (χ2n) is 7.66. The number of hydrogen-bond acceptors (Lipinski definition) is 4. The molecule has 2 aromatic carbocycles. The van der Waals surface area contributed by atoms with E-state index < -0.39 is 0 Å². The second-order valence-corrected chi connectivity index (χ2v) is 9.42. The van der Waals surface area contributed by atoms with E-state index in [2.05, 4.69) is 15.6 Å². The van der Waals surface area contributed by atoms with Crippen molar-refractivity contribution in [3.05, 3.63) is 73.7 Å². The molecule has 0 aliphatic heterocycles. The maximum Gasteiger partial charge on any atom is 0.322 e. The number of aryl methyl sites for hydroxylation is 2. The van der Waals surface area contributed by atoms with E-state index in [1.54, 1.807) is 28.5 Å². The van der Waals surface area contributed by atoms with Crippen LogP contribution in [-0.4, -0.2) is 27.9 Å². The van der Waals surface area contributed by atoms with Crippen molar-refractivity contribution in [3.63, 3.8) is 0 Å². The molecule has 168 valence electrons. The van der Waals surface area contributed by atoms with Crippen LogP contribution in [0.1, 0.15) is 40.5 Å². The smallest absolute Gasteiger partial charge is 0.321 e. The molecule has 0 unspecified atom stereocenters. The maximum absolute atomic E-state index is 12.8. The molecule has 3 aromatic rings. The highest BCUT2D eigenvalue weighted by atomic mass is 35.5. The van der Waals surface area contributed by atoms with Gasteiger partial charge in [0.1, 0.15) is 10.7 Å². The Kier molecular flexibility index (Phi) is 7.77. The van der Waals surface area contributed by atoms with Crippen LogP contribution >= 0.6 is 34.5 Å². The summed E-state index contributed by atoms with van der Waals surface area (Å²) in [6.45, 7) is 8.11. The first-order valence-electron chi connectivity index (χ1n) is 9.99. The molecule has 3 amide bonds. The number of carbonyl (C=O) groups is 2. The number of hydrogen-bond donors (Lipinski definition) is 2. The zero-order valence-electron chi connectivity index (χ0n) is 18.2. The third-order valence-electron chi connectivity index (χ3n) is 4.91. The first kappa shape index (κ1) is 24.0. The van der Waals surface area contributed by atoms with Crippen molar-refractivity contribution >= 4 is 57.9 Å². The fourth-order valence-electron chi connectivity index (χ4n) is 2.91. The van der Waals surface area contributed by atoms with Crippen molar-refractivity contribution in [2.45, 2.75) is 40.3 Å². The SMILES string of the molecule is Cc1ccc(NC(=O)c2csc(CN(C(=O)Nc3ccc(Cl)c(Cl)c3)C(C)C)n2)cc1C. The lowest BCUT2D eigenvalue weighted by atomic mass is 10.1. The van der Waals surface area contributed by atoms with Crippen molar-refractivity contribution in [2.75, 3.05) is 10.6 Å². The molecule has 1 heterocycles. The third kappa shape index (κ3) is 6.00. The Hall–Kier alpha value is -2.61. The number of benzene rings is 2. The summed E-state index contributed by atoms with van der Waals surface area (Å²) in [4.78, 5) is 31.5. The monoisotopic (exact) mass is 490 g/mol. The van der Waals surface area contributed by atoms with Crippen molar-refractivity contribution in [1.82, 2.24) is 9.88 Å². The Morgan fingerprint density at radius 1 is 1.00 bits per heavy atom.